The second-order valence-corrected chi connectivity index (χ2v) is 6.97. The molecule has 6 nitrogen and oxygen atoms in total. The number of ether oxygens (including phenoxy) is 1. The van der Waals surface area contributed by atoms with Crippen LogP contribution in [-0.4, -0.2) is 58.9 Å². The van der Waals surface area contributed by atoms with E-state index in [-0.39, 0.29) is 29.7 Å². The minimum atomic E-state index is -4.45. The maximum Gasteiger partial charge on any atom is 0.416 e. The first-order valence-electron chi connectivity index (χ1n) is 8.98. The Morgan fingerprint density at radius 3 is 2.44 bits per heavy atom. The summed E-state index contributed by atoms with van der Waals surface area (Å²) in [5.41, 5.74) is -0.810. The molecule has 1 aromatic heterocycles. The van der Waals surface area contributed by atoms with E-state index in [2.05, 4.69) is 4.98 Å². The first-order valence-corrected chi connectivity index (χ1v) is 8.98. The maximum atomic E-state index is 12.8. The van der Waals surface area contributed by atoms with Crippen molar-refractivity contribution in [1.29, 1.82) is 0 Å². The summed E-state index contributed by atoms with van der Waals surface area (Å²) in [6.07, 6.45) is -1.93. The number of carbonyl (C=O) groups is 2. The predicted molar refractivity (Wildman–Crippen MR) is 89.8 cm³/mol. The molecule has 2 saturated heterocycles. The van der Waals surface area contributed by atoms with Crippen molar-refractivity contribution in [3.8, 4) is 5.88 Å². The molecule has 0 saturated carbocycles. The number of pyridine rings is 1. The molecule has 148 valence electrons. The number of hydrogen-bond donors (Lipinski definition) is 0. The van der Waals surface area contributed by atoms with Crippen molar-refractivity contribution >= 4 is 11.8 Å². The maximum absolute atomic E-state index is 12.8. The van der Waals surface area contributed by atoms with E-state index in [9.17, 15) is 22.8 Å². The fourth-order valence-corrected chi connectivity index (χ4v) is 3.55. The fourth-order valence-electron chi connectivity index (χ4n) is 3.55. The number of carbonyl (C=O) groups excluding carboxylic acids is 2. The average molecular weight is 385 g/mol. The van der Waals surface area contributed by atoms with Crippen LogP contribution in [0, 0.1) is 5.92 Å². The first-order chi connectivity index (χ1) is 12.7. The Hall–Kier alpha value is -2.32. The van der Waals surface area contributed by atoms with E-state index in [0.29, 0.717) is 45.4 Å². The number of amides is 2. The van der Waals surface area contributed by atoms with Gasteiger partial charge in [-0.3, -0.25) is 9.59 Å². The van der Waals surface area contributed by atoms with Crippen LogP contribution in [0.1, 0.15) is 31.7 Å². The molecular formula is C18H22F3N3O3. The minimum absolute atomic E-state index is 0.0177. The molecule has 0 aromatic carbocycles. The predicted octanol–water partition coefficient (Wildman–Crippen LogP) is 2.34. The molecule has 0 N–H and O–H groups in total. The lowest BCUT2D eigenvalue weighted by molar-refractivity contribution is -0.139. The summed E-state index contributed by atoms with van der Waals surface area (Å²) in [6.45, 7) is 3.52. The standard InChI is InChI=1S/C18H22F3N3O3/c1-12(25)23-7-3-13(4-8-23)17(26)24-9-5-15(11-24)27-16-10-14(2-6-22-16)18(19,20)21/h2,6,10,13,15H,3-5,7-9,11H2,1H3. The molecule has 3 rings (SSSR count). The van der Waals surface area contributed by atoms with Gasteiger partial charge >= 0.3 is 6.18 Å². The zero-order valence-electron chi connectivity index (χ0n) is 15.0. The molecule has 1 unspecified atom stereocenters. The van der Waals surface area contributed by atoms with E-state index in [1.807, 2.05) is 0 Å². The van der Waals surface area contributed by atoms with Crippen LogP contribution in [0.3, 0.4) is 0 Å². The highest BCUT2D eigenvalue weighted by Gasteiger charge is 2.35. The van der Waals surface area contributed by atoms with Gasteiger partial charge in [0.05, 0.1) is 12.1 Å². The molecule has 0 radical (unpaired) electrons. The molecule has 0 bridgehead atoms. The normalized spacial score (nSPS) is 21.4. The van der Waals surface area contributed by atoms with Gasteiger partial charge in [0.2, 0.25) is 17.7 Å². The summed E-state index contributed by atoms with van der Waals surface area (Å²) in [4.78, 5) is 31.3. The van der Waals surface area contributed by atoms with Crippen LogP contribution in [0.25, 0.3) is 0 Å². The Kier molecular flexibility index (Phi) is 5.57. The van der Waals surface area contributed by atoms with Crippen LogP contribution >= 0.6 is 0 Å². The monoisotopic (exact) mass is 385 g/mol. The molecule has 1 atom stereocenters. The topological polar surface area (TPSA) is 62.7 Å². The highest BCUT2D eigenvalue weighted by atomic mass is 19.4. The van der Waals surface area contributed by atoms with Crippen LogP contribution in [0.15, 0.2) is 18.3 Å². The third kappa shape index (κ3) is 4.70. The number of piperidine rings is 1. The number of rotatable bonds is 3. The molecule has 2 aliphatic rings. The zero-order valence-corrected chi connectivity index (χ0v) is 15.0. The molecule has 0 aliphatic carbocycles. The van der Waals surface area contributed by atoms with Crippen molar-refractivity contribution in [3.05, 3.63) is 23.9 Å². The highest BCUT2D eigenvalue weighted by molar-refractivity contribution is 5.80. The van der Waals surface area contributed by atoms with Gasteiger partial charge in [0, 0.05) is 51.2 Å². The summed E-state index contributed by atoms with van der Waals surface area (Å²) >= 11 is 0. The number of alkyl halides is 3. The first kappa shape index (κ1) is 19.4. The van der Waals surface area contributed by atoms with Crippen molar-refractivity contribution < 1.29 is 27.5 Å². The lowest BCUT2D eigenvalue weighted by atomic mass is 9.95. The third-order valence-electron chi connectivity index (χ3n) is 5.10. The molecule has 0 spiro atoms. The zero-order chi connectivity index (χ0) is 19.6. The number of hydrogen-bond acceptors (Lipinski definition) is 4. The molecular weight excluding hydrogens is 363 g/mol. The summed E-state index contributed by atoms with van der Waals surface area (Å²) in [5, 5.41) is 0. The lowest BCUT2D eigenvalue weighted by Gasteiger charge is -2.32. The number of nitrogens with zero attached hydrogens (tertiary/aromatic N) is 3. The van der Waals surface area contributed by atoms with Crippen LogP contribution < -0.4 is 4.74 Å². The van der Waals surface area contributed by atoms with Gasteiger partial charge in [-0.15, -0.1) is 0 Å². The van der Waals surface area contributed by atoms with E-state index in [1.54, 1.807) is 9.80 Å². The molecule has 1 aromatic rings. The van der Waals surface area contributed by atoms with Crippen molar-refractivity contribution in [2.45, 2.75) is 38.5 Å². The molecule has 2 aliphatic heterocycles. The number of aromatic nitrogens is 1. The molecule has 2 fully saturated rings. The van der Waals surface area contributed by atoms with E-state index in [1.165, 1.54) is 6.92 Å². The molecule has 27 heavy (non-hydrogen) atoms. The van der Waals surface area contributed by atoms with Gasteiger partial charge in [0.1, 0.15) is 6.10 Å². The van der Waals surface area contributed by atoms with Gasteiger partial charge in [-0.2, -0.15) is 13.2 Å². The van der Waals surface area contributed by atoms with Crippen molar-refractivity contribution in [2.75, 3.05) is 26.2 Å². The number of likely N-dealkylation sites (tertiary alicyclic amines) is 2. The van der Waals surface area contributed by atoms with Gasteiger partial charge < -0.3 is 14.5 Å². The van der Waals surface area contributed by atoms with Crippen LogP contribution in [0.2, 0.25) is 0 Å². The quantitative estimate of drug-likeness (QED) is 0.801. The van der Waals surface area contributed by atoms with Crippen molar-refractivity contribution in [3.63, 3.8) is 0 Å². The van der Waals surface area contributed by atoms with Crippen LogP contribution in [-0.2, 0) is 15.8 Å². The Labute approximate surface area is 155 Å². The second kappa shape index (κ2) is 7.74. The smallest absolute Gasteiger partial charge is 0.416 e. The Morgan fingerprint density at radius 2 is 1.81 bits per heavy atom. The number of halogens is 3. The Bertz CT molecular complexity index is 703. The Morgan fingerprint density at radius 1 is 1.15 bits per heavy atom. The average Bonchev–Trinajstić information content (AvgIpc) is 3.09. The third-order valence-corrected chi connectivity index (χ3v) is 5.10. The SMILES string of the molecule is CC(=O)N1CCC(C(=O)N2CCC(Oc3cc(C(F)(F)F)ccn3)C2)CC1. The largest absolute Gasteiger partial charge is 0.472 e. The summed E-state index contributed by atoms with van der Waals surface area (Å²) in [5.74, 6) is -0.157. The van der Waals surface area contributed by atoms with Gasteiger partial charge in [-0.25, -0.2) is 4.98 Å². The van der Waals surface area contributed by atoms with Gasteiger partial charge in [-0.1, -0.05) is 0 Å². The highest BCUT2D eigenvalue weighted by Crippen LogP contribution is 2.31. The van der Waals surface area contributed by atoms with E-state index in [0.717, 1.165) is 18.3 Å². The van der Waals surface area contributed by atoms with E-state index >= 15 is 0 Å². The summed E-state index contributed by atoms with van der Waals surface area (Å²) < 4.78 is 43.9. The molecule has 2 amide bonds. The van der Waals surface area contributed by atoms with Crippen LogP contribution in [0.5, 0.6) is 5.88 Å². The fraction of sp³-hybridized carbons (Fsp3) is 0.611. The van der Waals surface area contributed by atoms with Crippen molar-refractivity contribution in [1.82, 2.24) is 14.8 Å². The lowest BCUT2D eigenvalue weighted by Crippen LogP contribution is -2.43. The summed E-state index contributed by atoms with van der Waals surface area (Å²) in [7, 11) is 0. The minimum Gasteiger partial charge on any atom is -0.472 e. The van der Waals surface area contributed by atoms with Gasteiger partial charge in [0.15, 0.2) is 0 Å². The second-order valence-electron chi connectivity index (χ2n) is 6.97. The van der Waals surface area contributed by atoms with Crippen LogP contribution in [0.4, 0.5) is 13.2 Å². The summed E-state index contributed by atoms with van der Waals surface area (Å²) in [6, 6.07) is 1.77. The van der Waals surface area contributed by atoms with E-state index in [4.69, 9.17) is 4.74 Å². The van der Waals surface area contributed by atoms with E-state index < -0.39 is 11.7 Å². The van der Waals surface area contributed by atoms with Gasteiger partial charge in [0.25, 0.3) is 0 Å². The van der Waals surface area contributed by atoms with Crippen molar-refractivity contribution in [2.24, 2.45) is 5.92 Å². The molecule has 9 heteroatoms. The molecule has 3 heterocycles. The van der Waals surface area contributed by atoms with Gasteiger partial charge in [-0.05, 0) is 18.9 Å². The Balaban J connectivity index is 1.53.